The van der Waals surface area contributed by atoms with Crippen LogP contribution in [-0.4, -0.2) is 11.1 Å². The van der Waals surface area contributed by atoms with E-state index in [1.54, 1.807) is 11.6 Å². The van der Waals surface area contributed by atoms with E-state index in [4.69, 9.17) is 10.2 Å². The van der Waals surface area contributed by atoms with E-state index in [0.29, 0.717) is 11.0 Å². The molecular weight excluding hydrogens is 216 g/mol. The molecule has 90 valence electrons. The van der Waals surface area contributed by atoms with Crippen molar-refractivity contribution in [2.75, 3.05) is 6.54 Å². The average molecular weight is 232 g/mol. The molecule has 0 spiro atoms. The summed E-state index contributed by atoms with van der Waals surface area (Å²) in [5.74, 6) is -0.308. The number of hydrogen-bond acceptors (Lipinski definition) is 3. The van der Waals surface area contributed by atoms with Crippen LogP contribution in [-0.2, 0) is 13.5 Å². The van der Waals surface area contributed by atoms with Gasteiger partial charge in [0.2, 0.25) is 0 Å². The molecule has 0 amide bonds. The largest absolute Gasteiger partial charge is 0.419 e. The highest BCUT2D eigenvalue weighted by atomic mass is 16.4. The Morgan fingerprint density at radius 2 is 2.24 bits per heavy atom. The van der Waals surface area contributed by atoms with Crippen molar-refractivity contribution < 1.29 is 4.42 Å². The molecule has 1 aliphatic carbocycles. The van der Waals surface area contributed by atoms with E-state index in [1.807, 2.05) is 18.2 Å². The predicted octanol–water partition coefficient (Wildman–Crippen LogP) is 1.41. The summed E-state index contributed by atoms with van der Waals surface area (Å²) in [6.45, 7) is 0.745. The average Bonchev–Trinajstić information content (AvgIpc) is 3.04. The maximum Gasteiger partial charge on any atom is 0.419 e. The highest BCUT2D eigenvalue weighted by Gasteiger charge is 2.40. The third kappa shape index (κ3) is 1.69. The Labute approximate surface area is 99.0 Å². The van der Waals surface area contributed by atoms with Gasteiger partial charge in [-0.2, -0.15) is 0 Å². The van der Waals surface area contributed by atoms with E-state index in [2.05, 4.69) is 0 Å². The summed E-state index contributed by atoms with van der Waals surface area (Å²) in [4.78, 5) is 11.4. The van der Waals surface area contributed by atoms with Crippen molar-refractivity contribution in [1.29, 1.82) is 0 Å². The van der Waals surface area contributed by atoms with Gasteiger partial charge in [-0.15, -0.1) is 0 Å². The Morgan fingerprint density at radius 1 is 1.47 bits per heavy atom. The molecule has 1 saturated carbocycles. The van der Waals surface area contributed by atoms with Crippen molar-refractivity contribution in [3.63, 3.8) is 0 Å². The number of nitrogens with two attached hydrogens (primary N) is 1. The van der Waals surface area contributed by atoms with Crippen molar-refractivity contribution in [3.8, 4) is 0 Å². The van der Waals surface area contributed by atoms with Gasteiger partial charge in [-0.25, -0.2) is 4.79 Å². The van der Waals surface area contributed by atoms with Gasteiger partial charge in [0, 0.05) is 7.05 Å². The van der Waals surface area contributed by atoms with E-state index < -0.39 is 0 Å². The molecule has 3 rings (SSSR count). The van der Waals surface area contributed by atoms with E-state index in [9.17, 15) is 4.79 Å². The molecule has 0 radical (unpaired) electrons. The van der Waals surface area contributed by atoms with Gasteiger partial charge in [0.05, 0.1) is 5.52 Å². The summed E-state index contributed by atoms with van der Waals surface area (Å²) in [7, 11) is 1.73. The molecule has 1 heterocycles. The van der Waals surface area contributed by atoms with Crippen LogP contribution >= 0.6 is 0 Å². The van der Waals surface area contributed by atoms with Crippen molar-refractivity contribution >= 4 is 11.1 Å². The minimum Gasteiger partial charge on any atom is -0.408 e. The second-order valence-electron chi connectivity index (χ2n) is 5.11. The van der Waals surface area contributed by atoms with Gasteiger partial charge in [0.1, 0.15) is 0 Å². The fourth-order valence-corrected chi connectivity index (χ4v) is 2.35. The molecule has 1 aromatic carbocycles. The van der Waals surface area contributed by atoms with Crippen LogP contribution in [0.3, 0.4) is 0 Å². The summed E-state index contributed by atoms with van der Waals surface area (Å²) in [5, 5.41) is 0. The molecule has 2 aromatic rings. The molecule has 1 aliphatic rings. The molecule has 1 fully saturated rings. The maximum absolute atomic E-state index is 11.4. The maximum atomic E-state index is 11.4. The van der Waals surface area contributed by atoms with E-state index in [0.717, 1.165) is 18.5 Å². The SMILES string of the molecule is Cn1c(=O)oc2ccc(CC3(CN)CC3)cc21. The third-order valence-corrected chi connectivity index (χ3v) is 3.83. The normalized spacial score (nSPS) is 17.5. The van der Waals surface area contributed by atoms with Crippen LogP contribution in [0.15, 0.2) is 27.4 Å². The van der Waals surface area contributed by atoms with Crippen LogP contribution in [0.4, 0.5) is 0 Å². The van der Waals surface area contributed by atoms with Gasteiger partial charge in [-0.3, -0.25) is 4.57 Å². The third-order valence-electron chi connectivity index (χ3n) is 3.83. The monoisotopic (exact) mass is 232 g/mol. The summed E-state index contributed by atoms with van der Waals surface area (Å²) in [6.07, 6.45) is 3.43. The van der Waals surface area contributed by atoms with Gasteiger partial charge < -0.3 is 10.2 Å². The molecule has 0 aliphatic heterocycles. The molecule has 4 nitrogen and oxygen atoms in total. The molecule has 17 heavy (non-hydrogen) atoms. The molecule has 2 N–H and O–H groups in total. The fourth-order valence-electron chi connectivity index (χ4n) is 2.35. The predicted molar refractivity (Wildman–Crippen MR) is 65.9 cm³/mol. The number of hydrogen-bond donors (Lipinski definition) is 1. The Balaban J connectivity index is 2.01. The van der Waals surface area contributed by atoms with E-state index in [-0.39, 0.29) is 5.76 Å². The number of oxazole rings is 1. The van der Waals surface area contributed by atoms with Crippen LogP contribution in [0.5, 0.6) is 0 Å². The smallest absolute Gasteiger partial charge is 0.408 e. The Morgan fingerprint density at radius 3 is 2.88 bits per heavy atom. The minimum absolute atomic E-state index is 0.308. The number of rotatable bonds is 3. The molecule has 0 atom stereocenters. The molecule has 0 unspecified atom stereocenters. The van der Waals surface area contributed by atoms with Crippen molar-refractivity contribution in [3.05, 3.63) is 34.3 Å². The molecule has 1 aromatic heterocycles. The van der Waals surface area contributed by atoms with Crippen LogP contribution in [0.25, 0.3) is 11.1 Å². The molecule has 4 heteroatoms. The van der Waals surface area contributed by atoms with E-state index >= 15 is 0 Å². The lowest BCUT2D eigenvalue weighted by Crippen LogP contribution is -2.17. The lowest BCUT2D eigenvalue weighted by Gasteiger charge is -2.11. The Hall–Kier alpha value is -1.55. The van der Waals surface area contributed by atoms with Crippen molar-refractivity contribution in [2.24, 2.45) is 18.2 Å². The van der Waals surface area contributed by atoms with Gasteiger partial charge in [0.25, 0.3) is 0 Å². The standard InChI is InChI=1S/C13H16N2O2/c1-15-10-6-9(7-13(8-14)4-5-13)2-3-11(10)17-12(15)16/h2-3,6H,4-5,7-8,14H2,1H3. The fraction of sp³-hybridized carbons (Fsp3) is 0.462. The summed E-state index contributed by atoms with van der Waals surface area (Å²) >= 11 is 0. The van der Waals surface area contributed by atoms with Gasteiger partial charge in [0.15, 0.2) is 5.58 Å². The second-order valence-corrected chi connectivity index (χ2v) is 5.11. The number of benzene rings is 1. The Bertz CT molecular complexity index is 620. The van der Waals surface area contributed by atoms with Crippen molar-refractivity contribution in [1.82, 2.24) is 4.57 Å². The van der Waals surface area contributed by atoms with Crippen molar-refractivity contribution in [2.45, 2.75) is 19.3 Å². The first-order valence-electron chi connectivity index (χ1n) is 5.92. The highest BCUT2D eigenvalue weighted by molar-refractivity contribution is 5.73. The topological polar surface area (TPSA) is 61.2 Å². The highest BCUT2D eigenvalue weighted by Crippen LogP contribution is 2.47. The van der Waals surface area contributed by atoms with E-state index in [1.165, 1.54) is 18.4 Å². The van der Waals surface area contributed by atoms with Gasteiger partial charge >= 0.3 is 5.76 Å². The zero-order valence-corrected chi connectivity index (χ0v) is 9.90. The van der Waals surface area contributed by atoms with Gasteiger partial charge in [-0.1, -0.05) is 6.07 Å². The number of aryl methyl sites for hydroxylation is 1. The van der Waals surface area contributed by atoms with Crippen LogP contribution in [0.1, 0.15) is 18.4 Å². The first kappa shape index (κ1) is 10.6. The zero-order valence-electron chi connectivity index (χ0n) is 9.90. The number of aromatic nitrogens is 1. The summed E-state index contributed by atoms with van der Waals surface area (Å²) in [5.41, 5.74) is 8.85. The second kappa shape index (κ2) is 3.47. The molecule has 0 saturated heterocycles. The molecule has 0 bridgehead atoms. The van der Waals surface area contributed by atoms with Gasteiger partial charge in [-0.05, 0) is 48.9 Å². The quantitative estimate of drug-likeness (QED) is 0.870. The molecular formula is C13H16N2O2. The first-order valence-corrected chi connectivity index (χ1v) is 5.92. The summed E-state index contributed by atoms with van der Waals surface area (Å²) < 4.78 is 6.65. The van der Waals surface area contributed by atoms with Crippen LogP contribution < -0.4 is 11.5 Å². The first-order chi connectivity index (χ1) is 8.13. The number of nitrogens with zero attached hydrogens (tertiary/aromatic N) is 1. The van der Waals surface area contributed by atoms with Crippen LogP contribution in [0, 0.1) is 5.41 Å². The minimum atomic E-state index is -0.308. The van der Waals surface area contributed by atoms with Crippen LogP contribution in [0.2, 0.25) is 0 Å². The Kier molecular flexibility index (Phi) is 2.16. The zero-order chi connectivity index (χ0) is 12.0. The lowest BCUT2D eigenvalue weighted by molar-refractivity contribution is 0.521. The summed E-state index contributed by atoms with van der Waals surface area (Å²) in [6, 6.07) is 5.94. The lowest BCUT2D eigenvalue weighted by atomic mass is 9.96. The number of fused-ring (bicyclic) bond motifs is 1.